The van der Waals surface area contributed by atoms with Gasteiger partial charge in [-0.05, 0) is 36.4 Å². The number of aromatic nitrogens is 1. The van der Waals surface area contributed by atoms with E-state index in [2.05, 4.69) is 31.1 Å². The summed E-state index contributed by atoms with van der Waals surface area (Å²) in [5.74, 6) is 0.966. The Morgan fingerprint density at radius 1 is 0.969 bits per heavy atom. The Bertz CT molecular complexity index is 1070. The number of piperazine rings is 1. The number of benzene rings is 2. The van der Waals surface area contributed by atoms with Crippen molar-refractivity contribution in [3.05, 3.63) is 83.0 Å². The summed E-state index contributed by atoms with van der Waals surface area (Å²) in [5.41, 5.74) is 1.30. The standard InChI is InChI=1S/C24H23BrN4O3/c25-19-5-4-8-21(15-19)32-23-10-9-18(16-26-23)24(31)29-13-11-28(12-14-29)17-22(30)27-20-6-2-1-3-7-20/h1-10,15-16H,11-14,17H2,(H,27,30). The van der Waals surface area contributed by atoms with Crippen molar-refractivity contribution in [3.63, 3.8) is 0 Å². The van der Waals surface area contributed by atoms with E-state index in [-0.39, 0.29) is 11.8 Å². The summed E-state index contributed by atoms with van der Waals surface area (Å²) >= 11 is 3.41. The van der Waals surface area contributed by atoms with Gasteiger partial charge in [0.2, 0.25) is 11.8 Å². The van der Waals surface area contributed by atoms with Gasteiger partial charge in [-0.3, -0.25) is 14.5 Å². The number of carbonyl (C=O) groups is 2. The minimum absolute atomic E-state index is 0.0544. The quantitative estimate of drug-likeness (QED) is 0.559. The van der Waals surface area contributed by atoms with Gasteiger partial charge in [-0.2, -0.15) is 0 Å². The molecule has 1 fully saturated rings. The van der Waals surface area contributed by atoms with Gasteiger partial charge in [0.25, 0.3) is 5.91 Å². The van der Waals surface area contributed by atoms with Gasteiger partial charge in [0.05, 0.1) is 12.1 Å². The summed E-state index contributed by atoms with van der Waals surface area (Å²) in [6.07, 6.45) is 1.54. The Morgan fingerprint density at radius 3 is 2.44 bits per heavy atom. The van der Waals surface area contributed by atoms with Crippen LogP contribution in [0.15, 0.2) is 77.4 Å². The van der Waals surface area contributed by atoms with Crippen LogP contribution in [-0.2, 0) is 4.79 Å². The number of nitrogens with zero attached hydrogens (tertiary/aromatic N) is 3. The second kappa shape index (κ2) is 10.4. The predicted molar refractivity (Wildman–Crippen MR) is 126 cm³/mol. The molecule has 0 unspecified atom stereocenters. The third-order valence-corrected chi connectivity index (χ3v) is 5.58. The SMILES string of the molecule is O=C(CN1CCN(C(=O)c2ccc(Oc3cccc(Br)c3)nc2)CC1)Nc1ccccc1. The largest absolute Gasteiger partial charge is 0.439 e. The lowest BCUT2D eigenvalue weighted by Gasteiger charge is -2.34. The summed E-state index contributed by atoms with van der Waals surface area (Å²) in [7, 11) is 0. The molecule has 2 aromatic carbocycles. The van der Waals surface area contributed by atoms with E-state index in [4.69, 9.17) is 4.74 Å². The number of halogens is 1. The maximum absolute atomic E-state index is 12.8. The monoisotopic (exact) mass is 494 g/mol. The average Bonchev–Trinajstić information content (AvgIpc) is 2.80. The van der Waals surface area contributed by atoms with Gasteiger partial charge in [0.1, 0.15) is 5.75 Å². The number of anilines is 1. The van der Waals surface area contributed by atoms with Crippen LogP contribution in [0.3, 0.4) is 0 Å². The van der Waals surface area contributed by atoms with Crippen molar-refractivity contribution in [2.24, 2.45) is 0 Å². The van der Waals surface area contributed by atoms with Crippen LogP contribution in [0.1, 0.15) is 10.4 Å². The Hall–Kier alpha value is -3.23. The smallest absolute Gasteiger partial charge is 0.255 e. The zero-order valence-electron chi connectivity index (χ0n) is 17.4. The molecule has 0 spiro atoms. The molecule has 3 aromatic rings. The highest BCUT2D eigenvalue weighted by atomic mass is 79.9. The number of carbonyl (C=O) groups excluding carboxylic acids is 2. The van der Waals surface area contributed by atoms with E-state index in [1.54, 1.807) is 17.0 Å². The van der Waals surface area contributed by atoms with Crippen LogP contribution in [0.4, 0.5) is 5.69 Å². The number of ether oxygens (including phenoxy) is 1. The van der Waals surface area contributed by atoms with Crippen LogP contribution in [0, 0.1) is 0 Å². The van der Waals surface area contributed by atoms with Crippen molar-refractivity contribution in [1.82, 2.24) is 14.8 Å². The van der Waals surface area contributed by atoms with Crippen molar-refractivity contribution in [1.29, 1.82) is 0 Å². The molecule has 2 heterocycles. The van der Waals surface area contributed by atoms with Gasteiger partial charge >= 0.3 is 0 Å². The number of pyridine rings is 1. The third-order valence-electron chi connectivity index (χ3n) is 5.09. The Kier molecular flexibility index (Phi) is 7.14. The van der Waals surface area contributed by atoms with Crippen LogP contribution in [0.25, 0.3) is 0 Å². The van der Waals surface area contributed by atoms with E-state index in [0.717, 1.165) is 10.2 Å². The van der Waals surface area contributed by atoms with Crippen molar-refractivity contribution in [2.45, 2.75) is 0 Å². The van der Waals surface area contributed by atoms with Crippen LogP contribution in [-0.4, -0.2) is 59.3 Å². The third kappa shape index (κ3) is 5.93. The maximum atomic E-state index is 12.8. The van der Waals surface area contributed by atoms with E-state index >= 15 is 0 Å². The lowest BCUT2D eigenvalue weighted by Crippen LogP contribution is -2.50. The van der Waals surface area contributed by atoms with Gasteiger partial charge in [-0.1, -0.05) is 40.2 Å². The fourth-order valence-electron chi connectivity index (χ4n) is 3.44. The zero-order chi connectivity index (χ0) is 22.3. The number of hydrogen-bond acceptors (Lipinski definition) is 5. The molecule has 164 valence electrons. The van der Waals surface area contributed by atoms with E-state index in [9.17, 15) is 9.59 Å². The van der Waals surface area contributed by atoms with Gasteiger partial charge in [-0.15, -0.1) is 0 Å². The number of nitrogens with one attached hydrogen (secondary N) is 1. The number of hydrogen-bond donors (Lipinski definition) is 1. The Morgan fingerprint density at radius 2 is 1.75 bits per heavy atom. The lowest BCUT2D eigenvalue weighted by atomic mass is 10.2. The van der Waals surface area contributed by atoms with Crippen LogP contribution in [0.5, 0.6) is 11.6 Å². The van der Waals surface area contributed by atoms with Crippen LogP contribution in [0.2, 0.25) is 0 Å². The second-order valence-corrected chi connectivity index (χ2v) is 8.34. The van der Waals surface area contributed by atoms with Crippen LogP contribution >= 0.6 is 15.9 Å². The lowest BCUT2D eigenvalue weighted by molar-refractivity contribution is -0.117. The molecule has 0 saturated carbocycles. The number of amides is 2. The van der Waals surface area contributed by atoms with E-state index in [1.807, 2.05) is 54.6 Å². The molecule has 1 N–H and O–H groups in total. The number of rotatable bonds is 6. The Labute approximate surface area is 195 Å². The molecule has 1 saturated heterocycles. The average molecular weight is 495 g/mol. The first-order valence-corrected chi connectivity index (χ1v) is 11.1. The molecule has 0 radical (unpaired) electrons. The highest BCUT2D eigenvalue weighted by Crippen LogP contribution is 2.23. The second-order valence-electron chi connectivity index (χ2n) is 7.43. The fraction of sp³-hybridized carbons (Fsp3) is 0.208. The number of para-hydroxylation sites is 1. The summed E-state index contributed by atoms with van der Waals surface area (Å²) in [5, 5.41) is 2.89. The maximum Gasteiger partial charge on any atom is 0.255 e. The summed E-state index contributed by atoms with van der Waals surface area (Å²) in [4.78, 5) is 33.2. The molecule has 0 atom stereocenters. The highest BCUT2D eigenvalue weighted by molar-refractivity contribution is 9.10. The van der Waals surface area contributed by atoms with Gasteiger partial charge in [0, 0.05) is 48.6 Å². The normalized spacial score (nSPS) is 14.1. The minimum Gasteiger partial charge on any atom is -0.439 e. The summed E-state index contributed by atoms with van der Waals surface area (Å²) in [6, 6.07) is 20.3. The predicted octanol–water partition coefficient (Wildman–Crippen LogP) is 4.03. The van der Waals surface area contributed by atoms with E-state index in [1.165, 1.54) is 6.20 Å². The van der Waals surface area contributed by atoms with Crippen LogP contribution < -0.4 is 10.1 Å². The van der Waals surface area contributed by atoms with Crippen molar-refractivity contribution < 1.29 is 14.3 Å². The minimum atomic E-state index is -0.0695. The molecule has 1 aliphatic rings. The first kappa shape index (κ1) is 22.0. The van der Waals surface area contributed by atoms with E-state index in [0.29, 0.717) is 49.9 Å². The Balaban J connectivity index is 1.26. The van der Waals surface area contributed by atoms with Gasteiger partial charge in [-0.25, -0.2) is 4.98 Å². The summed E-state index contributed by atoms with van der Waals surface area (Å²) < 4.78 is 6.64. The molecule has 4 rings (SSSR count). The molecular weight excluding hydrogens is 472 g/mol. The first-order chi connectivity index (χ1) is 15.6. The molecule has 32 heavy (non-hydrogen) atoms. The molecule has 8 heteroatoms. The first-order valence-electron chi connectivity index (χ1n) is 10.3. The summed E-state index contributed by atoms with van der Waals surface area (Å²) in [6.45, 7) is 2.72. The van der Waals surface area contributed by atoms with E-state index < -0.39 is 0 Å². The molecule has 1 aromatic heterocycles. The van der Waals surface area contributed by atoms with Gasteiger partial charge in [0.15, 0.2) is 0 Å². The highest BCUT2D eigenvalue weighted by Gasteiger charge is 2.23. The molecule has 0 bridgehead atoms. The molecule has 7 nitrogen and oxygen atoms in total. The van der Waals surface area contributed by atoms with Gasteiger partial charge < -0.3 is 15.0 Å². The van der Waals surface area contributed by atoms with Crippen molar-refractivity contribution in [2.75, 3.05) is 38.0 Å². The molecule has 2 amide bonds. The fourth-order valence-corrected chi connectivity index (χ4v) is 3.81. The van der Waals surface area contributed by atoms with Crippen molar-refractivity contribution in [3.8, 4) is 11.6 Å². The molecule has 0 aliphatic carbocycles. The zero-order valence-corrected chi connectivity index (χ0v) is 19.0. The topological polar surface area (TPSA) is 74.8 Å². The molecular formula is C24H23BrN4O3. The molecule has 1 aliphatic heterocycles. The van der Waals surface area contributed by atoms with Crippen molar-refractivity contribution >= 4 is 33.4 Å².